The van der Waals surface area contributed by atoms with Gasteiger partial charge >= 0.3 is 0 Å². The summed E-state index contributed by atoms with van der Waals surface area (Å²) >= 11 is 0. The first kappa shape index (κ1) is 21.7. The van der Waals surface area contributed by atoms with Crippen LogP contribution in [-0.4, -0.2) is 36.1 Å². The van der Waals surface area contributed by atoms with E-state index in [1.54, 1.807) is 11.8 Å². The molecule has 2 aromatic carbocycles. The lowest BCUT2D eigenvalue weighted by Crippen LogP contribution is -2.47. The third kappa shape index (κ3) is 5.53. The van der Waals surface area contributed by atoms with Crippen LogP contribution < -0.4 is 14.8 Å². The molecule has 2 amide bonds. The zero-order valence-electron chi connectivity index (χ0n) is 17.9. The van der Waals surface area contributed by atoms with Gasteiger partial charge in [0.15, 0.2) is 11.5 Å². The fraction of sp³-hybridized carbons (Fsp3) is 0.417. The average molecular weight is 411 g/mol. The number of hydrogen-bond acceptors (Lipinski definition) is 4. The second-order valence-corrected chi connectivity index (χ2v) is 7.67. The van der Waals surface area contributed by atoms with Crippen LogP contribution in [-0.2, 0) is 22.6 Å². The number of nitrogens with zero attached hydrogens (tertiary/aromatic N) is 1. The molecule has 6 heteroatoms. The summed E-state index contributed by atoms with van der Waals surface area (Å²) in [6.45, 7) is 7.06. The summed E-state index contributed by atoms with van der Waals surface area (Å²) < 4.78 is 10.8. The summed E-state index contributed by atoms with van der Waals surface area (Å²) in [5.74, 6) is 1.27. The van der Waals surface area contributed by atoms with Gasteiger partial charge in [-0.25, -0.2) is 0 Å². The first-order chi connectivity index (χ1) is 14.5. The van der Waals surface area contributed by atoms with Crippen LogP contribution in [0.2, 0.25) is 0 Å². The smallest absolute Gasteiger partial charge is 0.242 e. The Hall–Kier alpha value is -3.02. The molecule has 6 nitrogen and oxygen atoms in total. The van der Waals surface area contributed by atoms with Crippen molar-refractivity contribution in [1.29, 1.82) is 0 Å². The molecule has 0 saturated heterocycles. The Kier molecular flexibility index (Phi) is 7.33. The van der Waals surface area contributed by atoms with Crippen LogP contribution in [0.3, 0.4) is 0 Å². The summed E-state index contributed by atoms with van der Waals surface area (Å²) in [5.41, 5.74) is 3.15. The quantitative estimate of drug-likeness (QED) is 0.686. The monoisotopic (exact) mass is 410 g/mol. The Morgan fingerprint density at radius 1 is 1.10 bits per heavy atom. The molecule has 160 valence electrons. The highest BCUT2D eigenvalue weighted by Gasteiger charge is 2.26. The number of aryl methyl sites for hydroxylation is 2. The maximum atomic E-state index is 13.1. The van der Waals surface area contributed by atoms with Crippen LogP contribution in [0.5, 0.6) is 11.5 Å². The van der Waals surface area contributed by atoms with Crippen molar-refractivity contribution < 1.29 is 19.1 Å². The number of ether oxygens (including phenoxy) is 2. The van der Waals surface area contributed by atoms with Crippen LogP contribution >= 0.6 is 0 Å². The molecule has 0 bridgehead atoms. The van der Waals surface area contributed by atoms with E-state index in [0.29, 0.717) is 31.7 Å². The van der Waals surface area contributed by atoms with E-state index >= 15 is 0 Å². The predicted molar refractivity (Wildman–Crippen MR) is 115 cm³/mol. The zero-order chi connectivity index (χ0) is 21.5. The molecule has 0 spiro atoms. The van der Waals surface area contributed by atoms with Crippen LogP contribution in [0.1, 0.15) is 43.4 Å². The largest absolute Gasteiger partial charge is 0.454 e. The minimum atomic E-state index is -0.540. The first-order valence-corrected chi connectivity index (χ1v) is 10.5. The van der Waals surface area contributed by atoms with Crippen molar-refractivity contribution >= 4 is 11.8 Å². The molecule has 0 aromatic heterocycles. The molecular weight excluding hydrogens is 380 g/mol. The van der Waals surface area contributed by atoms with Crippen molar-refractivity contribution in [1.82, 2.24) is 10.2 Å². The predicted octanol–water partition coefficient (Wildman–Crippen LogP) is 3.60. The van der Waals surface area contributed by atoms with Gasteiger partial charge in [0.05, 0.1) is 0 Å². The molecule has 1 atom stereocenters. The molecule has 30 heavy (non-hydrogen) atoms. The SMILES string of the molecule is CCCNC(=O)C(C)N(Cc1cccc(C)c1)C(=O)CCc1ccc2c(c1)OCO2. The number of benzene rings is 2. The van der Waals surface area contributed by atoms with Gasteiger partial charge in [0.1, 0.15) is 6.04 Å². The standard InChI is InChI=1S/C24H30N2O4/c1-4-12-25-24(28)18(3)26(15-20-7-5-6-17(2)13-20)23(27)11-9-19-8-10-21-22(14-19)30-16-29-21/h5-8,10,13-14,18H,4,9,11-12,15-16H2,1-3H3,(H,25,28). The summed E-state index contributed by atoms with van der Waals surface area (Å²) in [4.78, 5) is 27.4. The van der Waals surface area contributed by atoms with Gasteiger partial charge in [-0.2, -0.15) is 0 Å². The summed E-state index contributed by atoms with van der Waals surface area (Å²) in [5, 5.41) is 2.90. The van der Waals surface area contributed by atoms with Gasteiger partial charge in [0, 0.05) is 19.5 Å². The van der Waals surface area contributed by atoms with E-state index in [1.807, 2.05) is 50.2 Å². The fourth-order valence-corrected chi connectivity index (χ4v) is 3.48. The second-order valence-electron chi connectivity index (χ2n) is 7.67. The Labute approximate surface area is 178 Å². The van der Waals surface area contributed by atoms with Crippen molar-refractivity contribution in [3.8, 4) is 11.5 Å². The topological polar surface area (TPSA) is 67.9 Å². The lowest BCUT2D eigenvalue weighted by Gasteiger charge is -2.29. The minimum absolute atomic E-state index is 0.0479. The Balaban J connectivity index is 1.70. The molecule has 1 aliphatic heterocycles. The maximum absolute atomic E-state index is 13.1. The molecule has 2 aromatic rings. The van der Waals surface area contributed by atoms with E-state index < -0.39 is 6.04 Å². The number of carbonyl (C=O) groups excluding carboxylic acids is 2. The highest BCUT2D eigenvalue weighted by Crippen LogP contribution is 2.32. The molecular formula is C24H30N2O4. The molecule has 0 aliphatic carbocycles. The van der Waals surface area contributed by atoms with Crippen LogP contribution in [0.4, 0.5) is 0 Å². The molecule has 3 rings (SSSR count). The highest BCUT2D eigenvalue weighted by molar-refractivity contribution is 5.87. The van der Waals surface area contributed by atoms with Gasteiger partial charge in [0.25, 0.3) is 0 Å². The number of hydrogen-bond donors (Lipinski definition) is 1. The van der Waals surface area contributed by atoms with Crippen LogP contribution in [0.25, 0.3) is 0 Å². The van der Waals surface area contributed by atoms with Crippen LogP contribution in [0.15, 0.2) is 42.5 Å². The average Bonchev–Trinajstić information content (AvgIpc) is 3.21. The lowest BCUT2D eigenvalue weighted by atomic mass is 10.1. The van der Waals surface area contributed by atoms with Gasteiger partial charge in [-0.05, 0) is 49.9 Å². The molecule has 1 N–H and O–H groups in total. The van der Waals surface area contributed by atoms with Crippen molar-refractivity contribution in [3.05, 3.63) is 59.2 Å². The highest BCUT2D eigenvalue weighted by atomic mass is 16.7. The van der Waals surface area contributed by atoms with E-state index in [0.717, 1.165) is 28.9 Å². The molecule has 0 saturated carbocycles. The molecule has 1 aliphatic rings. The number of fused-ring (bicyclic) bond motifs is 1. The molecule has 1 unspecified atom stereocenters. The summed E-state index contributed by atoms with van der Waals surface area (Å²) in [6.07, 6.45) is 1.74. The third-order valence-electron chi connectivity index (χ3n) is 5.22. The lowest BCUT2D eigenvalue weighted by molar-refractivity contribution is -0.140. The Morgan fingerprint density at radius 2 is 1.90 bits per heavy atom. The summed E-state index contributed by atoms with van der Waals surface area (Å²) in [6, 6.07) is 13.2. The molecule has 1 heterocycles. The molecule has 0 fully saturated rings. The van der Waals surface area contributed by atoms with E-state index in [4.69, 9.17) is 9.47 Å². The van der Waals surface area contributed by atoms with Crippen molar-refractivity contribution in [3.63, 3.8) is 0 Å². The number of carbonyl (C=O) groups is 2. The maximum Gasteiger partial charge on any atom is 0.242 e. The van der Waals surface area contributed by atoms with Crippen molar-refractivity contribution in [2.45, 2.75) is 52.6 Å². The number of rotatable bonds is 9. The van der Waals surface area contributed by atoms with Crippen molar-refractivity contribution in [2.24, 2.45) is 0 Å². The number of nitrogens with one attached hydrogen (secondary N) is 1. The van der Waals surface area contributed by atoms with Crippen molar-refractivity contribution in [2.75, 3.05) is 13.3 Å². The zero-order valence-corrected chi connectivity index (χ0v) is 17.9. The van der Waals surface area contributed by atoms with Gasteiger partial charge in [0.2, 0.25) is 18.6 Å². The third-order valence-corrected chi connectivity index (χ3v) is 5.22. The van der Waals surface area contributed by atoms with Crippen LogP contribution in [0, 0.1) is 6.92 Å². The minimum Gasteiger partial charge on any atom is -0.454 e. The van der Waals surface area contributed by atoms with E-state index in [9.17, 15) is 9.59 Å². The van der Waals surface area contributed by atoms with Gasteiger partial charge in [-0.15, -0.1) is 0 Å². The second kappa shape index (κ2) is 10.1. The van der Waals surface area contributed by atoms with Gasteiger partial charge in [-0.3, -0.25) is 9.59 Å². The normalized spacial score (nSPS) is 13.0. The first-order valence-electron chi connectivity index (χ1n) is 10.5. The van der Waals surface area contributed by atoms with Gasteiger partial charge < -0.3 is 19.7 Å². The summed E-state index contributed by atoms with van der Waals surface area (Å²) in [7, 11) is 0. The van der Waals surface area contributed by atoms with Gasteiger partial charge in [-0.1, -0.05) is 42.8 Å². The van der Waals surface area contributed by atoms with E-state index in [-0.39, 0.29) is 18.6 Å². The number of amides is 2. The van der Waals surface area contributed by atoms with E-state index in [1.165, 1.54) is 0 Å². The molecule has 0 radical (unpaired) electrons. The fourth-order valence-electron chi connectivity index (χ4n) is 3.48. The van der Waals surface area contributed by atoms with E-state index in [2.05, 4.69) is 11.4 Å². The Bertz CT molecular complexity index is 897. The Morgan fingerprint density at radius 3 is 2.67 bits per heavy atom.